The summed E-state index contributed by atoms with van der Waals surface area (Å²) in [4.78, 5) is 0. The van der Waals surface area contributed by atoms with Crippen LogP contribution in [0.1, 0.15) is 99.3 Å². The zero-order chi connectivity index (χ0) is 18.9. The molecule has 152 valence electrons. The maximum atomic E-state index is 5.95. The molecule has 0 radical (unpaired) electrons. The normalized spacial score (nSPS) is 12.2. The van der Waals surface area contributed by atoms with Crippen LogP contribution in [-0.4, -0.2) is 26.4 Å². The summed E-state index contributed by atoms with van der Waals surface area (Å²) < 4.78 is 11.9. The fourth-order valence-electron chi connectivity index (χ4n) is 3.22. The highest BCUT2D eigenvalue weighted by Crippen LogP contribution is 2.14. The van der Waals surface area contributed by atoms with Gasteiger partial charge in [-0.1, -0.05) is 80.1 Å². The molecule has 0 aliphatic carbocycles. The van der Waals surface area contributed by atoms with E-state index in [0.29, 0.717) is 11.8 Å². The Balaban J connectivity index is 3.65. The summed E-state index contributed by atoms with van der Waals surface area (Å²) >= 11 is 0. The van der Waals surface area contributed by atoms with E-state index in [9.17, 15) is 0 Å². The van der Waals surface area contributed by atoms with E-state index < -0.39 is 0 Å². The van der Waals surface area contributed by atoms with Crippen molar-refractivity contribution in [1.82, 2.24) is 0 Å². The predicted octanol–water partition coefficient (Wildman–Crippen LogP) is 7.11. The van der Waals surface area contributed by atoms with Gasteiger partial charge in [0.1, 0.15) is 0 Å². The molecule has 0 unspecified atom stereocenters. The zero-order valence-corrected chi connectivity index (χ0v) is 18.3. The molecule has 0 bridgehead atoms. The van der Waals surface area contributed by atoms with Crippen molar-refractivity contribution < 1.29 is 9.47 Å². The van der Waals surface area contributed by atoms with Gasteiger partial charge in [0.25, 0.3) is 0 Å². The van der Waals surface area contributed by atoms with E-state index in [-0.39, 0.29) is 0 Å². The minimum Gasteiger partial charge on any atom is -0.381 e. The lowest BCUT2D eigenvalue weighted by molar-refractivity contribution is 0.0291. The van der Waals surface area contributed by atoms with Crippen LogP contribution in [-0.2, 0) is 9.47 Å². The third kappa shape index (κ3) is 20.1. The van der Waals surface area contributed by atoms with Crippen molar-refractivity contribution in [3.63, 3.8) is 0 Å². The van der Waals surface area contributed by atoms with Crippen LogP contribution in [0.4, 0.5) is 0 Å². The molecular formula is C23H48O2. The summed E-state index contributed by atoms with van der Waals surface area (Å²) in [5.74, 6) is 2.94. The molecule has 0 spiro atoms. The molecule has 25 heavy (non-hydrogen) atoms. The van der Waals surface area contributed by atoms with Gasteiger partial charge in [-0.2, -0.15) is 0 Å². The second-order valence-corrected chi connectivity index (χ2v) is 9.13. The van der Waals surface area contributed by atoms with Crippen molar-refractivity contribution in [3.8, 4) is 0 Å². The standard InChI is InChI=1S/C23H48O2/c1-20(2)13-9-7-11-15-24-18-23(17-22(5)6)19-25-16-12-8-10-14-21(3)4/h20-23H,7-19H2,1-6H3. The molecule has 0 atom stereocenters. The van der Waals surface area contributed by atoms with Crippen molar-refractivity contribution in [1.29, 1.82) is 0 Å². The first kappa shape index (κ1) is 24.9. The summed E-state index contributed by atoms with van der Waals surface area (Å²) in [6.45, 7) is 17.4. The second-order valence-electron chi connectivity index (χ2n) is 9.13. The van der Waals surface area contributed by atoms with Gasteiger partial charge in [-0.3, -0.25) is 0 Å². The van der Waals surface area contributed by atoms with Crippen LogP contribution in [0.3, 0.4) is 0 Å². The van der Waals surface area contributed by atoms with Gasteiger partial charge in [0, 0.05) is 19.1 Å². The van der Waals surface area contributed by atoms with Crippen LogP contribution in [0.25, 0.3) is 0 Å². The van der Waals surface area contributed by atoms with Gasteiger partial charge in [-0.05, 0) is 37.0 Å². The lowest BCUT2D eigenvalue weighted by atomic mass is 9.98. The lowest BCUT2D eigenvalue weighted by Crippen LogP contribution is -2.19. The van der Waals surface area contributed by atoms with Crippen LogP contribution in [0.15, 0.2) is 0 Å². The Morgan fingerprint density at radius 3 is 1.32 bits per heavy atom. The van der Waals surface area contributed by atoms with E-state index in [0.717, 1.165) is 38.3 Å². The lowest BCUT2D eigenvalue weighted by Gasteiger charge is -2.19. The molecule has 0 aromatic rings. The smallest absolute Gasteiger partial charge is 0.0516 e. The third-order valence-electron chi connectivity index (χ3n) is 4.65. The predicted molar refractivity (Wildman–Crippen MR) is 111 cm³/mol. The highest BCUT2D eigenvalue weighted by molar-refractivity contribution is 4.61. The van der Waals surface area contributed by atoms with Gasteiger partial charge in [0.15, 0.2) is 0 Å². The number of hydrogen-bond donors (Lipinski definition) is 0. The highest BCUT2D eigenvalue weighted by Gasteiger charge is 2.11. The Kier molecular flexibility index (Phi) is 17.3. The second kappa shape index (κ2) is 17.3. The fraction of sp³-hybridized carbons (Fsp3) is 1.00. The molecule has 0 fully saturated rings. The minimum absolute atomic E-state index is 0.561. The molecule has 0 saturated heterocycles. The SMILES string of the molecule is CC(C)CCCCCOCC(COCCCCCC(C)C)CC(C)C. The first-order valence-electron chi connectivity index (χ1n) is 11.1. The van der Waals surface area contributed by atoms with E-state index in [1.165, 1.54) is 57.8 Å². The van der Waals surface area contributed by atoms with Crippen molar-refractivity contribution in [3.05, 3.63) is 0 Å². The van der Waals surface area contributed by atoms with E-state index in [2.05, 4.69) is 41.5 Å². The topological polar surface area (TPSA) is 18.5 Å². The van der Waals surface area contributed by atoms with E-state index in [1.807, 2.05) is 0 Å². The Hall–Kier alpha value is -0.0800. The number of unbranched alkanes of at least 4 members (excludes halogenated alkanes) is 4. The average Bonchev–Trinajstić information content (AvgIpc) is 2.51. The maximum Gasteiger partial charge on any atom is 0.0516 e. The molecule has 0 aromatic heterocycles. The summed E-state index contributed by atoms with van der Waals surface area (Å²) in [6, 6.07) is 0. The fourth-order valence-corrected chi connectivity index (χ4v) is 3.22. The number of hydrogen-bond acceptors (Lipinski definition) is 2. The Bertz CT molecular complexity index is 239. The molecule has 0 N–H and O–H groups in total. The molecule has 2 heteroatoms. The van der Waals surface area contributed by atoms with Gasteiger partial charge < -0.3 is 9.47 Å². The average molecular weight is 357 g/mol. The zero-order valence-electron chi connectivity index (χ0n) is 18.3. The van der Waals surface area contributed by atoms with E-state index in [1.54, 1.807) is 0 Å². The van der Waals surface area contributed by atoms with Crippen molar-refractivity contribution >= 4 is 0 Å². The molecule has 0 aromatic carbocycles. The van der Waals surface area contributed by atoms with Gasteiger partial charge >= 0.3 is 0 Å². The first-order chi connectivity index (χ1) is 11.9. The molecule has 0 saturated carbocycles. The van der Waals surface area contributed by atoms with E-state index >= 15 is 0 Å². The minimum atomic E-state index is 0.561. The number of rotatable bonds is 18. The van der Waals surface area contributed by atoms with Crippen molar-refractivity contribution in [2.24, 2.45) is 23.7 Å². The number of ether oxygens (including phenoxy) is 2. The largest absolute Gasteiger partial charge is 0.381 e. The summed E-state index contributed by atoms with van der Waals surface area (Å²) in [5, 5.41) is 0. The monoisotopic (exact) mass is 356 g/mol. The highest BCUT2D eigenvalue weighted by atomic mass is 16.5. The first-order valence-corrected chi connectivity index (χ1v) is 11.1. The summed E-state index contributed by atoms with van der Waals surface area (Å²) in [6.07, 6.45) is 11.6. The van der Waals surface area contributed by atoms with Gasteiger partial charge in [0.2, 0.25) is 0 Å². The van der Waals surface area contributed by atoms with Gasteiger partial charge in [-0.15, -0.1) is 0 Å². The molecular weight excluding hydrogens is 308 g/mol. The molecule has 0 heterocycles. The quantitative estimate of drug-likeness (QED) is 0.243. The van der Waals surface area contributed by atoms with Crippen molar-refractivity contribution in [2.75, 3.05) is 26.4 Å². The van der Waals surface area contributed by atoms with Crippen LogP contribution in [0, 0.1) is 23.7 Å². The molecule has 0 aliphatic rings. The van der Waals surface area contributed by atoms with E-state index in [4.69, 9.17) is 9.47 Å². The Morgan fingerprint density at radius 1 is 0.520 bits per heavy atom. The molecule has 0 aliphatic heterocycles. The Morgan fingerprint density at radius 2 is 0.960 bits per heavy atom. The Labute approximate surface area is 159 Å². The molecule has 0 amide bonds. The van der Waals surface area contributed by atoms with Crippen LogP contribution in [0.2, 0.25) is 0 Å². The van der Waals surface area contributed by atoms with Crippen LogP contribution in [0.5, 0.6) is 0 Å². The third-order valence-corrected chi connectivity index (χ3v) is 4.65. The van der Waals surface area contributed by atoms with Crippen LogP contribution < -0.4 is 0 Å². The van der Waals surface area contributed by atoms with Crippen LogP contribution >= 0.6 is 0 Å². The summed E-state index contributed by atoms with van der Waals surface area (Å²) in [7, 11) is 0. The molecule has 2 nitrogen and oxygen atoms in total. The van der Waals surface area contributed by atoms with Crippen molar-refractivity contribution in [2.45, 2.75) is 99.3 Å². The van der Waals surface area contributed by atoms with Gasteiger partial charge in [-0.25, -0.2) is 0 Å². The molecule has 0 rings (SSSR count). The summed E-state index contributed by atoms with van der Waals surface area (Å²) in [5.41, 5.74) is 0. The van der Waals surface area contributed by atoms with Gasteiger partial charge in [0.05, 0.1) is 13.2 Å². The maximum absolute atomic E-state index is 5.95.